The minimum atomic E-state index is -0.0483. The monoisotopic (exact) mass is 300 g/mol. The van der Waals surface area contributed by atoms with Crippen LogP contribution >= 0.6 is 0 Å². The summed E-state index contributed by atoms with van der Waals surface area (Å²) >= 11 is 0. The molecule has 3 rings (SSSR count). The van der Waals surface area contributed by atoms with Crippen molar-refractivity contribution in [3.8, 4) is 0 Å². The molecule has 0 amide bonds. The minimum absolute atomic E-state index is 0.0483. The van der Waals surface area contributed by atoms with Crippen molar-refractivity contribution in [1.82, 2.24) is 14.9 Å². The van der Waals surface area contributed by atoms with E-state index in [4.69, 9.17) is 0 Å². The van der Waals surface area contributed by atoms with Gasteiger partial charge in [0.2, 0.25) is 5.95 Å². The largest absolute Gasteiger partial charge is 0.342 e. The Bertz CT molecular complexity index is 692. The van der Waals surface area contributed by atoms with E-state index in [0.29, 0.717) is 17.3 Å². The molecule has 1 N–H and O–H groups in total. The van der Waals surface area contributed by atoms with Crippen molar-refractivity contribution in [3.05, 3.63) is 34.6 Å². The number of para-hydroxylation sites is 1. The Morgan fingerprint density at radius 3 is 2.86 bits per heavy atom. The van der Waals surface area contributed by atoms with Crippen molar-refractivity contribution in [1.29, 1.82) is 0 Å². The number of fused-ring (bicyclic) bond motifs is 1. The van der Waals surface area contributed by atoms with Crippen LogP contribution in [0.5, 0.6) is 0 Å². The van der Waals surface area contributed by atoms with Crippen LogP contribution in [0.1, 0.15) is 20.3 Å². The maximum absolute atomic E-state index is 12.2. The van der Waals surface area contributed by atoms with E-state index in [0.717, 1.165) is 44.7 Å². The molecule has 0 bridgehead atoms. The summed E-state index contributed by atoms with van der Waals surface area (Å²) in [6.45, 7) is 9.67. The second-order valence-corrected chi connectivity index (χ2v) is 5.99. The summed E-state index contributed by atoms with van der Waals surface area (Å²) in [7, 11) is 0. The van der Waals surface area contributed by atoms with E-state index < -0.39 is 0 Å². The van der Waals surface area contributed by atoms with Crippen LogP contribution in [-0.4, -0.2) is 47.6 Å². The molecule has 2 aromatic rings. The highest BCUT2D eigenvalue weighted by Crippen LogP contribution is 2.22. The Hall–Kier alpha value is -1.88. The molecule has 1 fully saturated rings. The zero-order valence-corrected chi connectivity index (χ0v) is 13.4. The number of rotatable bonds is 5. The number of nitrogens with one attached hydrogen (secondary N) is 1. The van der Waals surface area contributed by atoms with Crippen molar-refractivity contribution in [3.63, 3.8) is 0 Å². The molecule has 1 unspecified atom stereocenters. The fourth-order valence-electron chi connectivity index (χ4n) is 3.24. The van der Waals surface area contributed by atoms with E-state index in [1.54, 1.807) is 0 Å². The lowest BCUT2D eigenvalue weighted by Crippen LogP contribution is -2.31. The molecule has 1 saturated heterocycles. The molecule has 22 heavy (non-hydrogen) atoms. The second-order valence-electron chi connectivity index (χ2n) is 5.99. The summed E-state index contributed by atoms with van der Waals surface area (Å²) < 4.78 is 0. The number of hydrogen-bond acceptors (Lipinski definition) is 4. The van der Waals surface area contributed by atoms with Gasteiger partial charge in [0.15, 0.2) is 0 Å². The van der Waals surface area contributed by atoms with Gasteiger partial charge in [0.1, 0.15) is 0 Å². The molecule has 5 nitrogen and oxygen atoms in total. The van der Waals surface area contributed by atoms with Crippen LogP contribution in [0.2, 0.25) is 0 Å². The third kappa shape index (κ3) is 2.99. The average molecular weight is 300 g/mol. The fraction of sp³-hybridized carbons (Fsp3) is 0.529. The first-order chi connectivity index (χ1) is 10.7. The molecule has 1 aliphatic heterocycles. The zero-order valence-electron chi connectivity index (χ0n) is 13.4. The lowest BCUT2D eigenvalue weighted by molar-refractivity contribution is 0.261. The number of anilines is 1. The van der Waals surface area contributed by atoms with E-state index in [9.17, 15) is 4.79 Å². The summed E-state index contributed by atoms with van der Waals surface area (Å²) in [5, 5.41) is 0.658. The highest BCUT2D eigenvalue weighted by molar-refractivity contribution is 5.78. The van der Waals surface area contributed by atoms with Gasteiger partial charge >= 0.3 is 0 Å². The van der Waals surface area contributed by atoms with Crippen LogP contribution in [0, 0.1) is 5.92 Å². The highest BCUT2D eigenvalue weighted by atomic mass is 16.1. The van der Waals surface area contributed by atoms with E-state index in [1.165, 1.54) is 0 Å². The summed E-state index contributed by atoms with van der Waals surface area (Å²) in [5.41, 5.74) is 0.723. The number of benzene rings is 1. The molecule has 0 saturated carbocycles. The van der Waals surface area contributed by atoms with Gasteiger partial charge in [-0.15, -0.1) is 0 Å². The van der Waals surface area contributed by atoms with Crippen molar-refractivity contribution in [2.45, 2.75) is 20.3 Å². The Kier molecular flexibility index (Phi) is 4.43. The third-order valence-electron chi connectivity index (χ3n) is 4.60. The lowest BCUT2D eigenvalue weighted by atomic mass is 10.1. The van der Waals surface area contributed by atoms with Gasteiger partial charge in [0, 0.05) is 19.6 Å². The summed E-state index contributed by atoms with van der Waals surface area (Å²) in [4.78, 5) is 24.4. The van der Waals surface area contributed by atoms with Gasteiger partial charge < -0.3 is 9.80 Å². The van der Waals surface area contributed by atoms with E-state index in [2.05, 4.69) is 33.6 Å². The van der Waals surface area contributed by atoms with Crippen LogP contribution in [0.4, 0.5) is 5.95 Å². The topological polar surface area (TPSA) is 52.2 Å². The van der Waals surface area contributed by atoms with E-state index in [1.807, 2.05) is 24.3 Å². The van der Waals surface area contributed by atoms with Crippen LogP contribution in [0.3, 0.4) is 0 Å². The first-order valence-corrected chi connectivity index (χ1v) is 8.17. The van der Waals surface area contributed by atoms with Crippen LogP contribution in [-0.2, 0) is 0 Å². The van der Waals surface area contributed by atoms with Crippen molar-refractivity contribution >= 4 is 16.9 Å². The number of H-pyrrole nitrogens is 1. The Morgan fingerprint density at radius 1 is 1.32 bits per heavy atom. The second kappa shape index (κ2) is 6.48. The third-order valence-corrected chi connectivity index (χ3v) is 4.60. The van der Waals surface area contributed by atoms with Gasteiger partial charge in [-0.25, -0.2) is 4.98 Å². The normalized spacial score (nSPS) is 18.5. The molecular weight excluding hydrogens is 276 g/mol. The molecule has 1 aromatic heterocycles. The quantitative estimate of drug-likeness (QED) is 0.918. The number of aromatic amines is 1. The number of nitrogens with zero attached hydrogens (tertiary/aromatic N) is 3. The maximum atomic E-state index is 12.2. The zero-order chi connectivity index (χ0) is 15.5. The molecule has 0 spiro atoms. The smallest absolute Gasteiger partial charge is 0.260 e. The van der Waals surface area contributed by atoms with Crippen molar-refractivity contribution in [2.24, 2.45) is 5.92 Å². The van der Waals surface area contributed by atoms with Crippen LogP contribution < -0.4 is 10.5 Å². The van der Waals surface area contributed by atoms with Gasteiger partial charge in [-0.05, 0) is 37.6 Å². The molecule has 0 radical (unpaired) electrons. The lowest BCUT2D eigenvalue weighted by Gasteiger charge is -2.22. The van der Waals surface area contributed by atoms with Crippen molar-refractivity contribution < 1.29 is 0 Å². The number of hydrogen-bond donors (Lipinski definition) is 1. The number of aromatic nitrogens is 2. The summed E-state index contributed by atoms with van der Waals surface area (Å²) in [6.07, 6.45) is 1.16. The molecule has 1 atom stereocenters. The molecule has 5 heteroatoms. The van der Waals surface area contributed by atoms with Gasteiger partial charge in [0.25, 0.3) is 5.56 Å². The molecule has 1 aromatic carbocycles. The van der Waals surface area contributed by atoms with Crippen LogP contribution in [0.25, 0.3) is 10.9 Å². The highest BCUT2D eigenvalue weighted by Gasteiger charge is 2.25. The molecule has 118 valence electrons. The Balaban J connectivity index is 1.77. The predicted octanol–water partition coefficient (Wildman–Crippen LogP) is 2.09. The first-order valence-electron chi connectivity index (χ1n) is 8.17. The van der Waals surface area contributed by atoms with Gasteiger partial charge in [-0.3, -0.25) is 9.78 Å². The average Bonchev–Trinajstić information content (AvgIpc) is 3.01. The van der Waals surface area contributed by atoms with Crippen molar-refractivity contribution in [2.75, 3.05) is 37.6 Å². The molecule has 0 aliphatic carbocycles. The first kappa shape index (κ1) is 15.0. The summed E-state index contributed by atoms with van der Waals surface area (Å²) in [5.74, 6) is 1.36. The Morgan fingerprint density at radius 2 is 2.09 bits per heavy atom. The SMILES string of the molecule is CCN(CC)CC1CCN(c2nc3ccccc3c(=O)[nH]2)C1. The van der Waals surface area contributed by atoms with E-state index >= 15 is 0 Å². The summed E-state index contributed by atoms with van der Waals surface area (Å²) in [6, 6.07) is 7.51. The van der Waals surface area contributed by atoms with Gasteiger partial charge in [-0.1, -0.05) is 26.0 Å². The van der Waals surface area contributed by atoms with Crippen LogP contribution in [0.15, 0.2) is 29.1 Å². The standard InChI is InChI=1S/C17H24N4O/c1-3-20(4-2)11-13-9-10-21(12-13)17-18-15-8-6-5-7-14(15)16(22)19-17/h5-8,13H,3-4,9-12H2,1-2H3,(H,18,19,22). The van der Waals surface area contributed by atoms with E-state index in [-0.39, 0.29) is 5.56 Å². The van der Waals surface area contributed by atoms with Gasteiger partial charge in [-0.2, -0.15) is 0 Å². The fourth-order valence-corrected chi connectivity index (χ4v) is 3.24. The van der Waals surface area contributed by atoms with Gasteiger partial charge in [0.05, 0.1) is 10.9 Å². The maximum Gasteiger partial charge on any atom is 0.260 e. The molecular formula is C17H24N4O. The Labute approximate surface area is 131 Å². The minimum Gasteiger partial charge on any atom is -0.342 e. The predicted molar refractivity (Wildman–Crippen MR) is 90.5 cm³/mol. The molecule has 2 heterocycles. The molecule has 1 aliphatic rings.